The number of aryl methyl sites for hydroxylation is 1. The Morgan fingerprint density at radius 3 is 2.39 bits per heavy atom. The molecule has 2 aromatic rings. The SMILES string of the molecule is Cc1cc(NC(C)c2ccccc2Br)ccc1Br. The molecule has 0 bridgehead atoms. The zero-order chi connectivity index (χ0) is 13.1. The van der Waals surface area contributed by atoms with Gasteiger partial charge in [0.25, 0.3) is 0 Å². The van der Waals surface area contributed by atoms with Crippen molar-refractivity contribution in [2.24, 2.45) is 0 Å². The zero-order valence-electron chi connectivity index (χ0n) is 10.4. The Morgan fingerprint density at radius 2 is 1.72 bits per heavy atom. The number of nitrogens with one attached hydrogen (secondary N) is 1. The predicted octanol–water partition coefficient (Wildman–Crippen LogP) is 5.69. The first kappa shape index (κ1) is 13.6. The van der Waals surface area contributed by atoms with Crippen molar-refractivity contribution in [3.8, 4) is 0 Å². The molecule has 0 aliphatic heterocycles. The number of hydrogen-bond donors (Lipinski definition) is 1. The Hall–Kier alpha value is -0.800. The monoisotopic (exact) mass is 367 g/mol. The third kappa shape index (κ3) is 3.15. The van der Waals surface area contributed by atoms with Gasteiger partial charge in [0.15, 0.2) is 0 Å². The van der Waals surface area contributed by atoms with E-state index in [1.165, 1.54) is 11.1 Å². The summed E-state index contributed by atoms with van der Waals surface area (Å²) in [7, 11) is 0. The molecule has 0 amide bonds. The molecular formula is C15H15Br2N. The summed E-state index contributed by atoms with van der Waals surface area (Å²) < 4.78 is 2.28. The fourth-order valence-corrected chi connectivity index (χ4v) is 2.76. The van der Waals surface area contributed by atoms with Crippen LogP contribution in [0.25, 0.3) is 0 Å². The maximum atomic E-state index is 3.59. The van der Waals surface area contributed by atoms with Gasteiger partial charge >= 0.3 is 0 Å². The summed E-state index contributed by atoms with van der Waals surface area (Å²) in [4.78, 5) is 0. The number of halogens is 2. The molecule has 2 rings (SSSR count). The van der Waals surface area contributed by atoms with E-state index in [0.717, 1.165) is 14.6 Å². The van der Waals surface area contributed by atoms with Gasteiger partial charge in [-0.15, -0.1) is 0 Å². The van der Waals surface area contributed by atoms with Crippen molar-refractivity contribution in [3.05, 3.63) is 62.5 Å². The fraction of sp³-hybridized carbons (Fsp3) is 0.200. The van der Waals surface area contributed by atoms with E-state index >= 15 is 0 Å². The van der Waals surface area contributed by atoms with Crippen molar-refractivity contribution in [2.45, 2.75) is 19.9 Å². The molecule has 0 aromatic heterocycles. The van der Waals surface area contributed by atoms with Gasteiger partial charge in [-0.3, -0.25) is 0 Å². The van der Waals surface area contributed by atoms with Crippen molar-refractivity contribution in [1.29, 1.82) is 0 Å². The summed E-state index contributed by atoms with van der Waals surface area (Å²) >= 11 is 7.11. The van der Waals surface area contributed by atoms with E-state index in [0.29, 0.717) is 0 Å². The number of benzene rings is 2. The van der Waals surface area contributed by atoms with Gasteiger partial charge in [0.2, 0.25) is 0 Å². The topological polar surface area (TPSA) is 12.0 Å². The highest BCUT2D eigenvalue weighted by molar-refractivity contribution is 9.10. The molecule has 0 radical (unpaired) electrons. The van der Waals surface area contributed by atoms with Gasteiger partial charge in [0.05, 0.1) is 0 Å². The Labute approximate surface area is 125 Å². The highest BCUT2D eigenvalue weighted by Crippen LogP contribution is 2.27. The van der Waals surface area contributed by atoms with Crippen LogP contribution in [0.3, 0.4) is 0 Å². The molecule has 0 aliphatic rings. The first-order valence-corrected chi connectivity index (χ1v) is 7.43. The summed E-state index contributed by atoms with van der Waals surface area (Å²) in [6, 6.07) is 14.9. The minimum absolute atomic E-state index is 0.265. The van der Waals surface area contributed by atoms with E-state index in [9.17, 15) is 0 Å². The Morgan fingerprint density at radius 1 is 1.00 bits per heavy atom. The van der Waals surface area contributed by atoms with Crippen LogP contribution in [0.1, 0.15) is 24.1 Å². The summed E-state index contributed by atoms with van der Waals surface area (Å²) in [5.41, 5.74) is 3.64. The van der Waals surface area contributed by atoms with Crippen LogP contribution in [-0.4, -0.2) is 0 Å². The lowest BCUT2D eigenvalue weighted by molar-refractivity contribution is 0.878. The third-order valence-corrected chi connectivity index (χ3v) is 4.52. The second kappa shape index (κ2) is 5.89. The lowest BCUT2D eigenvalue weighted by atomic mass is 10.1. The van der Waals surface area contributed by atoms with Gasteiger partial charge < -0.3 is 5.32 Å². The molecule has 1 N–H and O–H groups in total. The maximum absolute atomic E-state index is 3.59. The molecule has 1 nitrogen and oxygen atoms in total. The van der Waals surface area contributed by atoms with E-state index in [1.807, 2.05) is 6.07 Å². The first-order valence-electron chi connectivity index (χ1n) is 5.85. The minimum Gasteiger partial charge on any atom is -0.378 e. The number of rotatable bonds is 3. The van der Waals surface area contributed by atoms with Crippen LogP contribution in [0, 0.1) is 6.92 Å². The molecule has 1 atom stereocenters. The normalized spacial score (nSPS) is 12.2. The van der Waals surface area contributed by atoms with Crippen LogP contribution in [0.2, 0.25) is 0 Å². The van der Waals surface area contributed by atoms with Gasteiger partial charge in [-0.1, -0.05) is 50.1 Å². The smallest absolute Gasteiger partial charge is 0.0496 e. The first-order chi connectivity index (χ1) is 8.58. The molecule has 0 aliphatic carbocycles. The van der Waals surface area contributed by atoms with Crippen LogP contribution in [-0.2, 0) is 0 Å². The van der Waals surface area contributed by atoms with Crippen LogP contribution < -0.4 is 5.32 Å². The van der Waals surface area contributed by atoms with Gasteiger partial charge in [-0.25, -0.2) is 0 Å². The highest BCUT2D eigenvalue weighted by atomic mass is 79.9. The van der Waals surface area contributed by atoms with E-state index in [2.05, 4.69) is 87.4 Å². The van der Waals surface area contributed by atoms with Crippen LogP contribution in [0.15, 0.2) is 51.4 Å². The van der Waals surface area contributed by atoms with Crippen LogP contribution in [0.5, 0.6) is 0 Å². The molecule has 0 saturated carbocycles. The molecule has 94 valence electrons. The van der Waals surface area contributed by atoms with Gasteiger partial charge in [-0.2, -0.15) is 0 Å². The molecule has 0 spiro atoms. The standard InChI is InChI=1S/C15H15Br2N/c1-10-9-12(7-8-14(10)16)18-11(2)13-5-3-4-6-15(13)17/h3-9,11,18H,1-2H3. The lowest BCUT2D eigenvalue weighted by Crippen LogP contribution is -2.07. The minimum atomic E-state index is 0.265. The van der Waals surface area contributed by atoms with E-state index in [-0.39, 0.29) is 6.04 Å². The maximum Gasteiger partial charge on any atom is 0.0496 e. The molecule has 1 unspecified atom stereocenters. The average molecular weight is 369 g/mol. The van der Waals surface area contributed by atoms with Crippen molar-refractivity contribution >= 4 is 37.5 Å². The lowest BCUT2D eigenvalue weighted by Gasteiger charge is -2.17. The van der Waals surface area contributed by atoms with Gasteiger partial charge in [0.1, 0.15) is 0 Å². The molecule has 0 saturated heterocycles. The summed E-state index contributed by atoms with van der Waals surface area (Å²) in [6.07, 6.45) is 0. The third-order valence-electron chi connectivity index (χ3n) is 2.91. The Bertz CT molecular complexity index is 552. The van der Waals surface area contributed by atoms with Crippen molar-refractivity contribution in [3.63, 3.8) is 0 Å². The number of anilines is 1. The molecule has 18 heavy (non-hydrogen) atoms. The molecular weight excluding hydrogens is 354 g/mol. The van der Waals surface area contributed by atoms with E-state index in [1.54, 1.807) is 0 Å². The molecule has 3 heteroatoms. The summed E-state index contributed by atoms with van der Waals surface area (Å²) in [5.74, 6) is 0. The second-order valence-electron chi connectivity index (χ2n) is 4.35. The molecule has 2 aromatic carbocycles. The van der Waals surface area contributed by atoms with E-state index in [4.69, 9.17) is 0 Å². The highest BCUT2D eigenvalue weighted by Gasteiger charge is 2.08. The summed E-state index contributed by atoms with van der Waals surface area (Å²) in [5, 5.41) is 3.52. The molecule has 0 heterocycles. The van der Waals surface area contributed by atoms with Gasteiger partial charge in [-0.05, 0) is 49.2 Å². The Kier molecular flexibility index (Phi) is 4.46. The largest absolute Gasteiger partial charge is 0.378 e. The predicted molar refractivity (Wildman–Crippen MR) is 85.1 cm³/mol. The quantitative estimate of drug-likeness (QED) is 0.733. The second-order valence-corrected chi connectivity index (χ2v) is 6.06. The fourth-order valence-electron chi connectivity index (χ4n) is 1.89. The summed E-state index contributed by atoms with van der Waals surface area (Å²) in [6.45, 7) is 4.26. The number of hydrogen-bond acceptors (Lipinski definition) is 1. The van der Waals surface area contributed by atoms with E-state index < -0.39 is 0 Å². The average Bonchev–Trinajstić information content (AvgIpc) is 2.34. The van der Waals surface area contributed by atoms with Crippen molar-refractivity contribution in [2.75, 3.05) is 5.32 Å². The molecule has 0 fully saturated rings. The Balaban J connectivity index is 2.19. The van der Waals surface area contributed by atoms with Crippen LogP contribution in [0.4, 0.5) is 5.69 Å². The van der Waals surface area contributed by atoms with Crippen molar-refractivity contribution < 1.29 is 0 Å². The van der Waals surface area contributed by atoms with Gasteiger partial charge in [0, 0.05) is 20.7 Å². The van der Waals surface area contributed by atoms with Crippen molar-refractivity contribution in [1.82, 2.24) is 0 Å². The van der Waals surface area contributed by atoms with Crippen LogP contribution >= 0.6 is 31.9 Å². The zero-order valence-corrected chi connectivity index (χ0v) is 13.5.